The first-order chi connectivity index (χ1) is 15.1. The summed E-state index contributed by atoms with van der Waals surface area (Å²) in [4.78, 5) is 19.9. The summed E-state index contributed by atoms with van der Waals surface area (Å²) in [5.41, 5.74) is 6.55. The molecule has 160 valence electrons. The molecule has 4 rings (SSSR count). The zero-order chi connectivity index (χ0) is 21.6. The van der Waals surface area contributed by atoms with Gasteiger partial charge >= 0.3 is 0 Å². The third-order valence-corrected chi connectivity index (χ3v) is 5.92. The van der Waals surface area contributed by atoms with E-state index in [1.54, 1.807) is 7.11 Å². The van der Waals surface area contributed by atoms with Gasteiger partial charge in [-0.15, -0.1) is 0 Å². The van der Waals surface area contributed by atoms with Crippen molar-refractivity contribution < 1.29 is 9.53 Å². The van der Waals surface area contributed by atoms with Crippen LogP contribution in [0.4, 0.5) is 0 Å². The Morgan fingerprint density at radius 3 is 2.55 bits per heavy atom. The molecule has 1 amide bonds. The Hall–Kier alpha value is -2.98. The average molecular weight is 415 g/mol. The molecule has 1 fully saturated rings. The molecule has 0 radical (unpaired) electrons. The van der Waals surface area contributed by atoms with E-state index in [1.165, 1.54) is 11.1 Å². The van der Waals surface area contributed by atoms with Gasteiger partial charge in [-0.3, -0.25) is 9.78 Å². The predicted octanol–water partition coefficient (Wildman–Crippen LogP) is 5.15. The lowest BCUT2D eigenvalue weighted by Gasteiger charge is -2.33. The summed E-state index contributed by atoms with van der Waals surface area (Å²) in [5, 5.41) is 0. The van der Waals surface area contributed by atoms with E-state index in [0.717, 1.165) is 54.9 Å². The van der Waals surface area contributed by atoms with Gasteiger partial charge in [-0.25, -0.2) is 0 Å². The van der Waals surface area contributed by atoms with Gasteiger partial charge in [0, 0.05) is 43.1 Å². The second-order valence-electron chi connectivity index (χ2n) is 8.42. The Balaban J connectivity index is 1.48. The number of aromatic nitrogens is 1. The molecule has 0 unspecified atom stereocenters. The van der Waals surface area contributed by atoms with Crippen LogP contribution in [0, 0.1) is 6.92 Å². The summed E-state index contributed by atoms with van der Waals surface area (Å²) >= 11 is 0. The van der Waals surface area contributed by atoms with Crippen molar-refractivity contribution in [3.8, 4) is 0 Å². The summed E-state index contributed by atoms with van der Waals surface area (Å²) in [6.07, 6.45) is 2.97. The highest BCUT2D eigenvalue weighted by Crippen LogP contribution is 2.28. The molecule has 4 nitrogen and oxygen atoms in total. The van der Waals surface area contributed by atoms with E-state index >= 15 is 0 Å². The minimum absolute atomic E-state index is 0.103. The van der Waals surface area contributed by atoms with Gasteiger partial charge in [-0.1, -0.05) is 42.5 Å². The number of rotatable bonds is 6. The van der Waals surface area contributed by atoms with E-state index in [0.29, 0.717) is 6.61 Å². The molecule has 1 atom stereocenters. The Labute approximate surface area is 184 Å². The van der Waals surface area contributed by atoms with Crippen LogP contribution in [0.1, 0.15) is 57.2 Å². The van der Waals surface area contributed by atoms with Gasteiger partial charge in [0.05, 0.1) is 6.61 Å². The molecule has 0 spiro atoms. The minimum Gasteiger partial charge on any atom is -0.380 e. The molecule has 2 heterocycles. The molecule has 31 heavy (non-hydrogen) atoms. The first-order valence-corrected chi connectivity index (χ1v) is 11.0. The second kappa shape index (κ2) is 9.88. The standard InChI is InChI=1S/C27H30N2O2/c1-20-15-23(16-21-7-4-3-5-8-21)17-26(28-20)25-9-6-14-29(18-25)27(30)24-12-10-22(11-13-24)19-31-2/h3-5,7-8,10-13,15,17,25H,6,9,14,16,18-19H2,1-2H3/t25-/m0/s1. The number of ether oxygens (including phenoxy) is 1. The highest BCUT2D eigenvalue weighted by atomic mass is 16.5. The number of carbonyl (C=O) groups excluding carboxylic acids is 1. The van der Waals surface area contributed by atoms with Crippen LogP contribution in [0.5, 0.6) is 0 Å². The van der Waals surface area contributed by atoms with E-state index in [9.17, 15) is 4.79 Å². The van der Waals surface area contributed by atoms with Crippen molar-refractivity contribution in [1.29, 1.82) is 0 Å². The number of hydrogen-bond donors (Lipinski definition) is 0. The topological polar surface area (TPSA) is 42.4 Å². The summed E-state index contributed by atoms with van der Waals surface area (Å²) < 4.78 is 5.16. The van der Waals surface area contributed by atoms with E-state index in [2.05, 4.69) is 43.3 Å². The van der Waals surface area contributed by atoms with Crippen molar-refractivity contribution in [2.75, 3.05) is 20.2 Å². The van der Waals surface area contributed by atoms with Crippen LogP contribution in [-0.2, 0) is 17.8 Å². The summed E-state index contributed by atoms with van der Waals surface area (Å²) in [5.74, 6) is 0.380. The monoisotopic (exact) mass is 414 g/mol. The summed E-state index contributed by atoms with van der Waals surface area (Å²) in [6.45, 7) is 4.15. The van der Waals surface area contributed by atoms with Gasteiger partial charge < -0.3 is 9.64 Å². The van der Waals surface area contributed by atoms with Crippen molar-refractivity contribution in [2.45, 2.75) is 38.7 Å². The van der Waals surface area contributed by atoms with Crippen molar-refractivity contribution in [1.82, 2.24) is 9.88 Å². The molecule has 1 aliphatic rings. The molecule has 4 heteroatoms. The maximum atomic E-state index is 13.1. The van der Waals surface area contributed by atoms with Crippen molar-refractivity contribution in [2.24, 2.45) is 0 Å². The number of amides is 1. The number of benzene rings is 2. The molecule has 2 aromatic carbocycles. The Morgan fingerprint density at radius 1 is 1.03 bits per heavy atom. The lowest BCUT2D eigenvalue weighted by molar-refractivity contribution is 0.0706. The summed E-state index contributed by atoms with van der Waals surface area (Å²) in [6, 6.07) is 22.7. The molecule has 1 aliphatic heterocycles. The molecule has 1 saturated heterocycles. The van der Waals surface area contributed by atoms with E-state index < -0.39 is 0 Å². The first kappa shape index (κ1) is 21.3. The fourth-order valence-electron chi connectivity index (χ4n) is 4.41. The highest BCUT2D eigenvalue weighted by Gasteiger charge is 2.26. The van der Waals surface area contributed by atoms with Crippen LogP contribution in [0.3, 0.4) is 0 Å². The lowest BCUT2D eigenvalue weighted by atomic mass is 9.92. The normalized spacial score (nSPS) is 16.3. The van der Waals surface area contributed by atoms with Gasteiger partial charge in [-0.2, -0.15) is 0 Å². The number of hydrogen-bond acceptors (Lipinski definition) is 3. The highest BCUT2D eigenvalue weighted by molar-refractivity contribution is 5.94. The van der Waals surface area contributed by atoms with Gasteiger partial charge in [0.15, 0.2) is 0 Å². The smallest absolute Gasteiger partial charge is 0.253 e. The minimum atomic E-state index is 0.103. The predicted molar refractivity (Wildman–Crippen MR) is 123 cm³/mol. The van der Waals surface area contributed by atoms with Gasteiger partial charge in [-0.05, 0) is 67.1 Å². The van der Waals surface area contributed by atoms with Crippen LogP contribution >= 0.6 is 0 Å². The number of nitrogens with zero attached hydrogens (tertiary/aromatic N) is 2. The van der Waals surface area contributed by atoms with Crippen LogP contribution in [0.15, 0.2) is 66.7 Å². The Morgan fingerprint density at radius 2 is 1.81 bits per heavy atom. The SMILES string of the molecule is COCc1ccc(C(=O)N2CCC[C@H](c3cc(Cc4ccccc4)cc(C)n3)C2)cc1. The first-order valence-electron chi connectivity index (χ1n) is 11.0. The third kappa shape index (κ3) is 5.39. The van der Waals surface area contributed by atoms with Gasteiger partial charge in [0.1, 0.15) is 0 Å². The number of methoxy groups -OCH3 is 1. The van der Waals surface area contributed by atoms with E-state index in [1.807, 2.05) is 35.2 Å². The van der Waals surface area contributed by atoms with Crippen molar-refractivity contribution in [3.05, 3.63) is 100 Å². The Kier molecular flexibility index (Phi) is 6.78. The van der Waals surface area contributed by atoms with Crippen molar-refractivity contribution >= 4 is 5.91 Å². The zero-order valence-corrected chi connectivity index (χ0v) is 18.4. The molecule has 0 N–H and O–H groups in total. The molecular formula is C27H30N2O2. The quantitative estimate of drug-likeness (QED) is 0.560. The third-order valence-electron chi connectivity index (χ3n) is 5.92. The van der Waals surface area contributed by atoms with E-state index in [4.69, 9.17) is 9.72 Å². The molecule has 0 bridgehead atoms. The fourth-order valence-corrected chi connectivity index (χ4v) is 4.41. The summed E-state index contributed by atoms with van der Waals surface area (Å²) in [7, 11) is 1.68. The van der Waals surface area contributed by atoms with Crippen LogP contribution in [0.25, 0.3) is 0 Å². The number of aryl methyl sites for hydroxylation is 1. The maximum absolute atomic E-state index is 13.1. The van der Waals surface area contributed by atoms with Crippen LogP contribution in [0.2, 0.25) is 0 Å². The number of likely N-dealkylation sites (tertiary alicyclic amines) is 1. The van der Waals surface area contributed by atoms with E-state index in [-0.39, 0.29) is 11.8 Å². The Bertz CT molecular complexity index is 1020. The molecule has 3 aromatic rings. The van der Waals surface area contributed by atoms with Gasteiger partial charge in [0.25, 0.3) is 5.91 Å². The maximum Gasteiger partial charge on any atom is 0.253 e. The second-order valence-corrected chi connectivity index (χ2v) is 8.42. The molecule has 0 aliphatic carbocycles. The molecular weight excluding hydrogens is 384 g/mol. The number of pyridine rings is 1. The largest absolute Gasteiger partial charge is 0.380 e. The average Bonchev–Trinajstić information content (AvgIpc) is 2.80. The van der Waals surface area contributed by atoms with Crippen LogP contribution in [-0.4, -0.2) is 36.0 Å². The van der Waals surface area contributed by atoms with Gasteiger partial charge in [0.2, 0.25) is 0 Å². The van der Waals surface area contributed by atoms with Crippen molar-refractivity contribution in [3.63, 3.8) is 0 Å². The fraction of sp³-hybridized carbons (Fsp3) is 0.333. The van der Waals surface area contributed by atoms with Crippen LogP contribution < -0.4 is 0 Å². The number of piperidine rings is 1. The lowest BCUT2D eigenvalue weighted by Crippen LogP contribution is -2.39. The molecule has 0 saturated carbocycles. The number of carbonyl (C=O) groups is 1. The zero-order valence-electron chi connectivity index (χ0n) is 18.4. The molecule has 1 aromatic heterocycles.